The van der Waals surface area contributed by atoms with Gasteiger partial charge in [-0.15, -0.1) is 0 Å². The second-order valence-corrected chi connectivity index (χ2v) is 2.79. The maximum Gasteiger partial charge on any atom is 0.143 e. The van der Waals surface area contributed by atoms with Crippen LogP contribution in [0.15, 0.2) is 35.4 Å². The van der Waals surface area contributed by atoms with Crippen molar-refractivity contribution >= 4 is 0 Å². The molecule has 0 unspecified atom stereocenters. The smallest absolute Gasteiger partial charge is 0.143 e. The molecular weight excluding hydrogens is 126 g/mol. The van der Waals surface area contributed by atoms with Gasteiger partial charge in [-0.25, -0.2) is 0 Å². The number of hydrogen-bond acceptors (Lipinski definition) is 2. The van der Waals surface area contributed by atoms with Gasteiger partial charge in [0.25, 0.3) is 0 Å². The van der Waals surface area contributed by atoms with Crippen molar-refractivity contribution in [2.45, 2.75) is 0 Å². The fourth-order valence-corrected chi connectivity index (χ4v) is 1.61. The van der Waals surface area contributed by atoms with Crippen molar-refractivity contribution in [3.8, 4) is 0 Å². The summed E-state index contributed by atoms with van der Waals surface area (Å²) in [6.07, 6.45) is 6.28. The van der Waals surface area contributed by atoms with Gasteiger partial charge in [0.15, 0.2) is 0 Å². The van der Waals surface area contributed by atoms with Gasteiger partial charge in [0.05, 0.1) is 0 Å². The van der Waals surface area contributed by atoms with Gasteiger partial charge in [-0.1, -0.05) is 0 Å². The van der Waals surface area contributed by atoms with E-state index in [4.69, 9.17) is 4.74 Å². The number of rotatable bonds is 0. The van der Waals surface area contributed by atoms with E-state index < -0.39 is 0 Å². The third-order valence-corrected chi connectivity index (χ3v) is 2.14. The highest BCUT2D eigenvalue weighted by Gasteiger charge is 2.28. The lowest BCUT2D eigenvalue weighted by Crippen LogP contribution is -2.21. The Kier molecular flexibility index (Phi) is 0.592. The zero-order valence-electron chi connectivity index (χ0n) is 5.50. The van der Waals surface area contributed by atoms with Crippen molar-refractivity contribution in [2.75, 3.05) is 13.2 Å². The summed E-state index contributed by atoms with van der Waals surface area (Å²) >= 11 is 0. The summed E-state index contributed by atoms with van der Waals surface area (Å²) in [5.74, 6) is 1.06. The lowest BCUT2D eigenvalue weighted by atomic mass is 10.0. The molecule has 0 spiro atoms. The molecule has 0 fully saturated rings. The molecule has 4 heterocycles. The first-order valence-electron chi connectivity index (χ1n) is 3.44. The van der Waals surface area contributed by atoms with Crippen LogP contribution in [0, 0.1) is 0 Å². The quantitative estimate of drug-likeness (QED) is 0.488. The maximum atomic E-state index is 5.40. The minimum Gasteiger partial charge on any atom is -0.487 e. The van der Waals surface area contributed by atoms with E-state index in [1.807, 2.05) is 0 Å². The monoisotopic (exact) mass is 133 g/mol. The van der Waals surface area contributed by atoms with Crippen molar-refractivity contribution in [1.29, 1.82) is 0 Å². The summed E-state index contributed by atoms with van der Waals surface area (Å²) in [6.45, 7) is 1.84. The van der Waals surface area contributed by atoms with Gasteiger partial charge >= 0.3 is 0 Å². The van der Waals surface area contributed by atoms with E-state index in [1.54, 1.807) is 0 Å². The minimum atomic E-state index is 0.808. The molecular formula is C8H7NO. The Labute approximate surface area is 59.1 Å². The van der Waals surface area contributed by atoms with Gasteiger partial charge < -0.3 is 9.64 Å². The second kappa shape index (κ2) is 1.29. The second-order valence-electron chi connectivity index (χ2n) is 2.79. The van der Waals surface area contributed by atoms with Crippen molar-refractivity contribution in [1.82, 2.24) is 4.90 Å². The first-order valence-corrected chi connectivity index (χ1v) is 3.44. The highest BCUT2D eigenvalue weighted by molar-refractivity contribution is 5.50. The lowest BCUT2D eigenvalue weighted by molar-refractivity contribution is 0.272. The van der Waals surface area contributed by atoms with E-state index in [0.29, 0.717) is 0 Å². The van der Waals surface area contributed by atoms with E-state index in [0.717, 1.165) is 18.9 Å². The molecule has 0 aromatic heterocycles. The minimum absolute atomic E-state index is 0.808. The molecule has 2 heteroatoms. The molecule has 0 N–H and O–H groups in total. The summed E-state index contributed by atoms with van der Waals surface area (Å²) < 4.78 is 5.40. The predicted molar refractivity (Wildman–Crippen MR) is 36.9 cm³/mol. The number of allylic oxidation sites excluding steroid dienone is 1. The van der Waals surface area contributed by atoms with Crippen LogP contribution < -0.4 is 0 Å². The average molecular weight is 133 g/mol. The standard InChI is InChI=1S/C8H7NO/c1-2-9-3-6-5-10-8(4-9)7(1)6/h1-2,4H,3,5H2. The molecule has 2 nitrogen and oxygen atoms in total. The Hall–Kier alpha value is -1.18. The molecule has 4 aliphatic heterocycles. The van der Waals surface area contributed by atoms with Crippen molar-refractivity contribution in [3.05, 3.63) is 35.4 Å². The van der Waals surface area contributed by atoms with E-state index in [2.05, 4.69) is 23.4 Å². The van der Waals surface area contributed by atoms with E-state index in [9.17, 15) is 0 Å². The third-order valence-electron chi connectivity index (χ3n) is 2.14. The fraction of sp³-hybridized carbons (Fsp3) is 0.250. The lowest BCUT2D eigenvalue weighted by Gasteiger charge is -2.24. The Morgan fingerprint density at radius 3 is 3.20 bits per heavy atom. The highest BCUT2D eigenvalue weighted by atomic mass is 16.5. The molecule has 0 saturated carbocycles. The van der Waals surface area contributed by atoms with Crippen LogP contribution in [0.1, 0.15) is 0 Å². The zero-order valence-corrected chi connectivity index (χ0v) is 5.50. The van der Waals surface area contributed by atoms with Crippen molar-refractivity contribution in [2.24, 2.45) is 0 Å². The van der Waals surface area contributed by atoms with Gasteiger partial charge in [-0.2, -0.15) is 0 Å². The first-order chi connectivity index (χ1) is 4.93. The number of ether oxygens (including phenoxy) is 1. The molecule has 4 bridgehead atoms. The summed E-state index contributed by atoms with van der Waals surface area (Å²) in [4.78, 5) is 2.16. The molecule has 0 aromatic rings. The Balaban J connectivity index is 2.29. The van der Waals surface area contributed by atoms with Crippen LogP contribution in [0.4, 0.5) is 0 Å². The molecule has 10 heavy (non-hydrogen) atoms. The van der Waals surface area contributed by atoms with Crippen LogP contribution in [0.5, 0.6) is 0 Å². The normalized spacial score (nSPS) is 25.6. The van der Waals surface area contributed by atoms with E-state index in [-0.39, 0.29) is 0 Å². The van der Waals surface area contributed by atoms with Gasteiger partial charge in [0.2, 0.25) is 0 Å². The van der Waals surface area contributed by atoms with E-state index in [1.165, 1.54) is 11.1 Å². The van der Waals surface area contributed by atoms with Gasteiger partial charge in [-0.05, 0) is 11.6 Å². The van der Waals surface area contributed by atoms with E-state index >= 15 is 0 Å². The van der Waals surface area contributed by atoms with Gasteiger partial charge in [-0.3, -0.25) is 0 Å². The molecule has 4 aliphatic rings. The molecule has 0 aromatic carbocycles. The fourth-order valence-electron chi connectivity index (χ4n) is 1.61. The summed E-state index contributed by atoms with van der Waals surface area (Å²) in [7, 11) is 0. The summed E-state index contributed by atoms with van der Waals surface area (Å²) in [6, 6.07) is 0. The first kappa shape index (κ1) is 4.61. The predicted octanol–water partition coefficient (Wildman–Crippen LogP) is 0.997. The van der Waals surface area contributed by atoms with Gasteiger partial charge in [0, 0.05) is 24.5 Å². The van der Waals surface area contributed by atoms with Crippen LogP contribution in [0.3, 0.4) is 0 Å². The summed E-state index contributed by atoms with van der Waals surface area (Å²) in [5.41, 5.74) is 2.75. The maximum absolute atomic E-state index is 5.40. The number of nitrogens with zero attached hydrogens (tertiary/aromatic N) is 1. The topological polar surface area (TPSA) is 12.5 Å². The molecule has 0 atom stereocenters. The van der Waals surface area contributed by atoms with Crippen LogP contribution >= 0.6 is 0 Å². The Bertz CT molecular complexity index is 286. The zero-order chi connectivity index (χ0) is 6.55. The molecule has 50 valence electrons. The molecule has 0 aliphatic carbocycles. The molecule has 0 saturated heterocycles. The van der Waals surface area contributed by atoms with Crippen LogP contribution in [0.2, 0.25) is 0 Å². The third kappa shape index (κ3) is 0.375. The average Bonchev–Trinajstić information content (AvgIpc) is 2.29. The Morgan fingerprint density at radius 1 is 1.50 bits per heavy atom. The molecule has 0 amide bonds. The SMILES string of the molecule is C1=CN2C=C3OCC(=C13)C2. The molecule has 4 rings (SSSR count). The van der Waals surface area contributed by atoms with Crippen LogP contribution in [0.25, 0.3) is 0 Å². The van der Waals surface area contributed by atoms with Crippen LogP contribution in [-0.2, 0) is 4.74 Å². The van der Waals surface area contributed by atoms with Crippen molar-refractivity contribution < 1.29 is 4.74 Å². The summed E-state index contributed by atoms with van der Waals surface area (Å²) in [5, 5.41) is 0. The van der Waals surface area contributed by atoms with Crippen LogP contribution in [-0.4, -0.2) is 18.1 Å². The largest absolute Gasteiger partial charge is 0.487 e. The van der Waals surface area contributed by atoms with Gasteiger partial charge in [0.1, 0.15) is 12.4 Å². The molecule has 0 radical (unpaired) electrons. The number of hydrogen-bond donors (Lipinski definition) is 0. The Morgan fingerprint density at radius 2 is 2.50 bits per heavy atom. The van der Waals surface area contributed by atoms with Crippen molar-refractivity contribution in [3.63, 3.8) is 0 Å². The highest BCUT2D eigenvalue weighted by Crippen LogP contribution is 2.34.